The molecule has 0 spiro atoms. The summed E-state index contributed by atoms with van der Waals surface area (Å²) in [6.45, 7) is 7.11. The van der Waals surface area contributed by atoms with Crippen molar-refractivity contribution >= 4 is 5.91 Å². The average Bonchev–Trinajstić information content (AvgIpc) is 2.31. The average molecular weight is 264 g/mol. The van der Waals surface area contributed by atoms with Gasteiger partial charge in [-0.05, 0) is 33.9 Å². The van der Waals surface area contributed by atoms with Crippen LogP contribution in [0.4, 0.5) is 0 Å². The lowest BCUT2D eigenvalue weighted by atomic mass is 10.1. The van der Waals surface area contributed by atoms with E-state index in [-0.39, 0.29) is 11.9 Å². The van der Waals surface area contributed by atoms with Gasteiger partial charge in [0.25, 0.3) is 0 Å². The lowest BCUT2D eigenvalue weighted by Gasteiger charge is -2.13. The van der Waals surface area contributed by atoms with Gasteiger partial charge in [-0.15, -0.1) is 0 Å². The molecule has 0 saturated carbocycles. The van der Waals surface area contributed by atoms with E-state index in [9.17, 15) is 4.79 Å². The molecule has 0 aliphatic heterocycles. The van der Waals surface area contributed by atoms with Gasteiger partial charge in [0.2, 0.25) is 5.91 Å². The van der Waals surface area contributed by atoms with E-state index in [2.05, 4.69) is 23.6 Å². The number of nitrogens with one attached hydrogen (secondary N) is 2. The molecule has 0 radical (unpaired) electrons. The topological polar surface area (TPSA) is 50.4 Å². The van der Waals surface area contributed by atoms with Crippen LogP contribution >= 0.6 is 0 Å². The number of carbonyl (C=O) groups is 1. The molecule has 1 aromatic carbocycles. The minimum atomic E-state index is 0.0253. The second-order valence-corrected chi connectivity index (χ2v) is 4.96. The maximum atomic E-state index is 11.5. The molecule has 4 nitrogen and oxygen atoms in total. The van der Waals surface area contributed by atoms with E-state index in [0.717, 1.165) is 17.9 Å². The van der Waals surface area contributed by atoms with Crippen molar-refractivity contribution in [3.8, 4) is 5.75 Å². The first-order chi connectivity index (χ1) is 9.02. The van der Waals surface area contributed by atoms with Crippen LogP contribution in [0.1, 0.15) is 31.4 Å². The summed E-state index contributed by atoms with van der Waals surface area (Å²) in [6, 6.07) is 6.25. The molecule has 0 heterocycles. The van der Waals surface area contributed by atoms with E-state index in [1.807, 2.05) is 33.0 Å². The third-order valence-electron chi connectivity index (χ3n) is 2.62. The van der Waals surface area contributed by atoms with Crippen LogP contribution in [0.15, 0.2) is 18.2 Å². The predicted molar refractivity (Wildman–Crippen MR) is 77.3 cm³/mol. The highest BCUT2D eigenvalue weighted by Crippen LogP contribution is 2.20. The highest BCUT2D eigenvalue weighted by molar-refractivity contribution is 5.76. The fourth-order valence-corrected chi connectivity index (χ4v) is 1.83. The number of carbonyl (C=O) groups excluding carboxylic acids is 1. The van der Waals surface area contributed by atoms with Crippen LogP contribution in [-0.2, 0) is 11.3 Å². The minimum absolute atomic E-state index is 0.0253. The number of aryl methyl sites for hydroxylation is 1. The van der Waals surface area contributed by atoms with Gasteiger partial charge in [-0.25, -0.2) is 0 Å². The molecule has 0 saturated heterocycles. The molecule has 2 N–H and O–H groups in total. The highest BCUT2D eigenvalue weighted by atomic mass is 16.5. The van der Waals surface area contributed by atoms with Crippen molar-refractivity contribution in [3.63, 3.8) is 0 Å². The Balaban J connectivity index is 2.50. The van der Waals surface area contributed by atoms with Gasteiger partial charge in [0.15, 0.2) is 0 Å². The molecule has 19 heavy (non-hydrogen) atoms. The summed E-state index contributed by atoms with van der Waals surface area (Å²) in [7, 11) is 1.90. The highest BCUT2D eigenvalue weighted by Gasteiger charge is 2.06. The Morgan fingerprint density at radius 2 is 2.11 bits per heavy atom. The number of rotatable bonds is 7. The smallest absolute Gasteiger partial charge is 0.223 e. The van der Waals surface area contributed by atoms with E-state index in [1.54, 1.807) is 0 Å². The monoisotopic (exact) mass is 264 g/mol. The molecule has 0 aromatic heterocycles. The molecule has 0 atom stereocenters. The van der Waals surface area contributed by atoms with Gasteiger partial charge in [0.1, 0.15) is 5.75 Å². The van der Waals surface area contributed by atoms with Crippen molar-refractivity contribution in [1.82, 2.24) is 10.6 Å². The van der Waals surface area contributed by atoms with Crippen LogP contribution in [-0.4, -0.2) is 25.6 Å². The Hall–Kier alpha value is -1.55. The van der Waals surface area contributed by atoms with Crippen molar-refractivity contribution in [2.45, 2.75) is 39.8 Å². The van der Waals surface area contributed by atoms with Gasteiger partial charge >= 0.3 is 0 Å². The summed E-state index contributed by atoms with van der Waals surface area (Å²) < 4.78 is 5.70. The molecule has 0 unspecified atom stereocenters. The molecule has 0 aliphatic carbocycles. The second kappa shape index (κ2) is 7.79. The van der Waals surface area contributed by atoms with Gasteiger partial charge in [-0.1, -0.05) is 17.7 Å². The third kappa shape index (κ3) is 5.75. The van der Waals surface area contributed by atoms with E-state index in [1.165, 1.54) is 5.56 Å². The zero-order chi connectivity index (χ0) is 14.3. The Labute approximate surface area is 115 Å². The molecule has 0 fully saturated rings. The van der Waals surface area contributed by atoms with Gasteiger partial charge in [-0.3, -0.25) is 4.79 Å². The Morgan fingerprint density at radius 1 is 1.37 bits per heavy atom. The molecule has 0 aliphatic rings. The van der Waals surface area contributed by atoms with Crippen molar-refractivity contribution in [2.75, 3.05) is 13.7 Å². The van der Waals surface area contributed by atoms with Gasteiger partial charge in [0, 0.05) is 18.2 Å². The molecule has 4 heteroatoms. The summed E-state index contributed by atoms with van der Waals surface area (Å²) in [6.07, 6.45) is 0.380. The van der Waals surface area contributed by atoms with Crippen molar-refractivity contribution in [1.29, 1.82) is 0 Å². The molecule has 1 rings (SSSR count). The van der Waals surface area contributed by atoms with E-state index < -0.39 is 0 Å². The molecule has 0 bridgehead atoms. The van der Waals surface area contributed by atoms with Crippen molar-refractivity contribution < 1.29 is 9.53 Å². The number of benzene rings is 1. The number of amides is 1. The van der Waals surface area contributed by atoms with Crippen LogP contribution in [0, 0.1) is 6.92 Å². The molecular weight excluding hydrogens is 240 g/mol. The molecule has 1 amide bonds. The van der Waals surface area contributed by atoms with E-state index in [4.69, 9.17) is 4.74 Å². The first-order valence-electron chi connectivity index (χ1n) is 6.69. The van der Waals surface area contributed by atoms with Crippen LogP contribution < -0.4 is 15.4 Å². The molecular formula is C15H24N2O2. The third-order valence-corrected chi connectivity index (χ3v) is 2.62. The van der Waals surface area contributed by atoms with Gasteiger partial charge < -0.3 is 15.4 Å². The standard InChI is InChI=1S/C15H24N2O2/c1-11(2)17-15(18)7-8-19-14-6-5-12(3)9-13(14)10-16-4/h5-6,9,11,16H,7-8,10H2,1-4H3,(H,17,18). The lowest BCUT2D eigenvalue weighted by molar-refractivity contribution is -0.122. The Morgan fingerprint density at radius 3 is 2.74 bits per heavy atom. The fraction of sp³-hybridized carbons (Fsp3) is 0.533. The van der Waals surface area contributed by atoms with E-state index in [0.29, 0.717) is 13.0 Å². The first-order valence-corrected chi connectivity index (χ1v) is 6.69. The van der Waals surface area contributed by atoms with Gasteiger partial charge in [-0.2, -0.15) is 0 Å². The summed E-state index contributed by atoms with van der Waals surface area (Å²) in [5.41, 5.74) is 2.32. The van der Waals surface area contributed by atoms with Crippen LogP contribution in [0.3, 0.4) is 0 Å². The van der Waals surface area contributed by atoms with E-state index >= 15 is 0 Å². The summed E-state index contributed by atoms with van der Waals surface area (Å²) in [5.74, 6) is 0.870. The van der Waals surface area contributed by atoms with Crippen LogP contribution in [0.5, 0.6) is 5.75 Å². The maximum absolute atomic E-state index is 11.5. The molecule has 106 valence electrons. The van der Waals surface area contributed by atoms with Crippen molar-refractivity contribution in [2.24, 2.45) is 0 Å². The zero-order valence-corrected chi connectivity index (χ0v) is 12.2. The SMILES string of the molecule is CNCc1cc(C)ccc1OCCC(=O)NC(C)C. The fourth-order valence-electron chi connectivity index (χ4n) is 1.83. The Bertz CT molecular complexity index is 417. The van der Waals surface area contributed by atoms with Crippen LogP contribution in [0.2, 0.25) is 0 Å². The minimum Gasteiger partial charge on any atom is -0.493 e. The first kappa shape index (κ1) is 15.5. The summed E-state index contributed by atoms with van der Waals surface area (Å²) in [4.78, 5) is 11.5. The quantitative estimate of drug-likeness (QED) is 0.792. The Kier molecular flexibility index (Phi) is 6.36. The predicted octanol–water partition coefficient (Wildman–Crippen LogP) is 2.01. The zero-order valence-electron chi connectivity index (χ0n) is 12.2. The second-order valence-electron chi connectivity index (χ2n) is 4.96. The van der Waals surface area contributed by atoms with Crippen LogP contribution in [0.25, 0.3) is 0 Å². The lowest BCUT2D eigenvalue weighted by Crippen LogP contribution is -2.31. The molecule has 1 aromatic rings. The van der Waals surface area contributed by atoms with Gasteiger partial charge in [0.05, 0.1) is 13.0 Å². The summed E-state index contributed by atoms with van der Waals surface area (Å²) >= 11 is 0. The number of hydrogen-bond acceptors (Lipinski definition) is 3. The largest absolute Gasteiger partial charge is 0.493 e. The normalized spacial score (nSPS) is 10.6. The van der Waals surface area contributed by atoms with Crippen molar-refractivity contribution in [3.05, 3.63) is 29.3 Å². The number of ether oxygens (including phenoxy) is 1. The summed E-state index contributed by atoms with van der Waals surface area (Å²) in [5, 5.41) is 5.96. The maximum Gasteiger partial charge on any atom is 0.223 e. The number of hydrogen-bond donors (Lipinski definition) is 2.